The molecule has 3 atom stereocenters. The molecule has 1 saturated heterocycles. The summed E-state index contributed by atoms with van der Waals surface area (Å²) in [5.41, 5.74) is 9.49. The van der Waals surface area contributed by atoms with Crippen LogP contribution in [0, 0.1) is 0 Å². The molecule has 2 heteroatoms. The van der Waals surface area contributed by atoms with Crippen LogP contribution < -0.4 is 5.73 Å². The molecular formula is C16H23NO. The van der Waals surface area contributed by atoms with Gasteiger partial charge < -0.3 is 10.5 Å². The zero-order valence-corrected chi connectivity index (χ0v) is 11.2. The lowest BCUT2D eigenvalue weighted by molar-refractivity contribution is 0.0347. The molecule has 2 nitrogen and oxygen atoms in total. The first-order valence-corrected chi connectivity index (χ1v) is 7.16. The topological polar surface area (TPSA) is 35.2 Å². The third-order valence-electron chi connectivity index (χ3n) is 4.51. The number of fused-ring (bicyclic) bond motifs is 1. The minimum absolute atomic E-state index is 0.0525. The van der Waals surface area contributed by atoms with Crippen LogP contribution in [0.5, 0.6) is 0 Å². The molecular weight excluding hydrogens is 222 g/mol. The Kier molecular flexibility index (Phi) is 3.16. The lowest BCUT2D eigenvalue weighted by Crippen LogP contribution is -2.47. The van der Waals surface area contributed by atoms with Crippen molar-refractivity contribution in [2.75, 3.05) is 0 Å². The molecule has 1 fully saturated rings. The van der Waals surface area contributed by atoms with E-state index in [4.69, 9.17) is 10.5 Å². The second-order valence-corrected chi connectivity index (χ2v) is 6.16. The SMILES string of the molecule is CC1CCC(CC2(N)CCc3ccccc3C2)O1. The van der Waals surface area contributed by atoms with Gasteiger partial charge in [0.05, 0.1) is 12.2 Å². The second kappa shape index (κ2) is 4.67. The van der Waals surface area contributed by atoms with Gasteiger partial charge in [0.1, 0.15) is 0 Å². The third-order valence-corrected chi connectivity index (χ3v) is 4.51. The summed E-state index contributed by atoms with van der Waals surface area (Å²) in [6.07, 6.45) is 7.43. The predicted molar refractivity (Wildman–Crippen MR) is 73.6 cm³/mol. The van der Waals surface area contributed by atoms with Gasteiger partial charge in [-0.1, -0.05) is 24.3 Å². The van der Waals surface area contributed by atoms with E-state index in [0.717, 1.165) is 25.7 Å². The highest BCUT2D eigenvalue weighted by atomic mass is 16.5. The molecule has 0 bridgehead atoms. The van der Waals surface area contributed by atoms with Crippen molar-refractivity contribution in [2.24, 2.45) is 5.73 Å². The van der Waals surface area contributed by atoms with Gasteiger partial charge in [-0.3, -0.25) is 0 Å². The highest BCUT2D eigenvalue weighted by Crippen LogP contribution is 2.33. The average molecular weight is 245 g/mol. The summed E-state index contributed by atoms with van der Waals surface area (Å²) in [5.74, 6) is 0. The predicted octanol–water partition coefficient (Wildman–Crippen LogP) is 2.83. The van der Waals surface area contributed by atoms with Crippen LogP contribution in [-0.4, -0.2) is 17.7 Å². The summed E-state index contributed by atoms with van der Waals surface area (Å²) in [4.78, 5) is 0. The summed E-state index contributed by atoms with van der Waals surface area (Å²) in [6, 6.07) is 8.72. The first-order chi connectivity index (χ1) is 8.65. The fourth-order valence-electron chi connectivity index (χ4n) is 3.49. The molecule has 0 spiro atoms. The van der Waals surface area contributed by atoms with Crippen molar-refractivity contribution >= 4 is 0 Å². The van der Waals surface area contributed by atoms with Crippen LogP contribution >= 0.6 is 0 Å². The monoisotopic (exact) mass is 245 g/mol. The number of nitrogens with two attached hydrogens (primary N) is 1. The summed E-state index contributed by atoms with van der Waals surface area (Å²) in [5, 5.41) is 0. The van der Waals surface area contributed by atoms with Crippen LogP contribution in [0.4, 0.5) is 0 Å². The molecule has 0 radical (unpaired) electrons. The summed E-state index contributed by atoms with van der Waals surface area (Å²) in [7, 11) is 0. The van der Waals surface area contributed by atoms with E-state index in [1.807, 2.05) is 0 Å². The largest absolute Gasteiger partial charge is 0.375 e. The van der Waals surface area contributed by atoms with Crippen LogP contribution in [0.15, 0.2) is 24.3 Å². The van der Waals surface area contributed by atoms with E-state index >= 15 is 0 Å². The van der Waals surface area contributed by atoms with E-state index in [9.17, 15) is 0 Å². The molecule has 0 amide bonds. The van der Waals surface area contributed by atoms with Crippen LogP contribution in [0.2, 0.25) is 0 Å². The summed E-state index contributed by atoms with van der Waals surface area (Å²) < 4.78 is 5.94. The molecule has 1 heterocycles. The Hall–Kier alpha value is -0.860. The van der Waals surface area contributed by atoms with Crippen molar-refractivity contribution in [3.05, 3.63) is 35.4 Å². The molecule has 0 saturated carbocycles. The molecule has 2 aliphatic rings. The molecule has 3 rings (SSSR count). The fraction of sp³-hybridized carbons (Fsp3) is 0.625. The van der Waals surface area contributed by atoms with E-state index in [-0.39, 0.29) is 5.54 Å². The van der Waals surface area contributed by atoms with Crippen molar-refractivity contribution < 1.29 is 4.74 Å². The molecule has 1 aromatic carbocycles. The van der Waals surface area contributed by atoms with Crippen molar-refractivity contribution in [2.45, 2.75) is 63.2 Å². The first kappa shape index (κ1) is 12.2. The van der Waals surface area contributed by atoms with E-state index in [2.05, 4.69) is 31.2 Å². The molecule has 0 aromatic heterocycles. The molecule has 3 unspecified atom stereocenters. The molecule has 1 aromatic rings. The Morgan fingerprint density at radius 2 is 2.06 bits per heavy atom. The third kappa shape index (κ3) is 2.45. The van der Waals surface area contributed by atoms with Gasteiger partial charge >= 0.3 is 0 Å². The van der Waals surface area contributed by atoms with Crippen molar-refractivity contribution in [1.29, 1.82) is 0 Å². The van der Waals surface area contributed by atoms with Crippen molar-refractivity contribution in [1.82, 2.24) is 0 Å². The minimum atomic E-state index is -0.0525. The number of benzene rings is 1. The maximum Gasteiger partial charge on any atom is 0.0597 e. The van der Waals surface area contributed by atoms with E-state index < -0.39 is 0 Å². The maximum atomic E-state index is 6.62. The quantitative estimate of drug-likeness (QED) is 0.869. The van der Waals surface area contributed by atoms with Gasteiger partial charge in [-0.25, -0.2) is 0 Å². The molecule has 98 valence electrons. The van der Waals surface area contributed by atoms with Crippen LogP contribution in [0.1, 0.15) is 43.7 Å². The van der Waals surface area contributed by atoms with Gasteiger partial charge in [-0.15, -0.1) is 0 Å². The number of hydrogen-bond acceptors (Lipinski definition) is 2. The van der Waals surface area contributed by atoms with E-state index in [0.29, 0.717) is 12.2 Å². The van der Waals surface area contributed by atoms with Crippen molar-refractivity contribution in [3.63, 3.8) is 0 Å². The highest BCUT2D eigenvalue weighted by molar-refractivity contribution is 5.32. The molecule has 18 heavy (non-hydrogen) atoms. The minimum Gasteiger partial charge on any atom is -0.375 e. The van der Waals surface area contributed by atoms with Gasteiger partial charge in [0.2, 0.25) is 0 Å². The van der Waals surface area contributed by atoms with Crippen LogP contribution in [0.25, 0.3) is 0 Å². The molecule has 2 N–H and O–H groups in total. The lowest BCUT2D eigenvalue weighted by atomic mass is 9.75. The summed E-state index contributed by atoms with van der Waals surface area (Å²) in [6.45, 7) is 2.17. The highest BCUT2D eigenvalue weighted by Gasteiger charge is 2.35. The van der Waals surface area contributed by atoms with Gasteiger partial charge in [0.15, 0.2) is 0 Å². The second-order valence-electron chi connectivity index (χ2n) is 6.16. The Morgan fingerprint density at radius 3 is 2.78 bits per heavy atom. The number of hydrogen-bond donors (Lipinski definition) is 1. The summed E-state index contributed by atoms with van der Waals surface area (Å²) >= 11 is 0. The zero-order chi connectivity index (χ0) is 12.6. The number of ether oxygens (including phenoxy) is 1. The van der Waals surface area contributed by atoms with Crippen molar-refractivity contribution in [3.8, 4) is 0 Å². The van der Waals surface area contributed by atoms with Gasteiger partial charge in [0.25, 0.3) is 0 Å². The molecule has 1 aliphatic carbocycles. The van der Waals surface area contributed by atoms with Gasteiger partial charge in [-0.05, 0) is 56.6 Å². The van der Waals surface area contributed by atoms with Gasteiger partial charge in [0, 0.05) is 5.54 Å². The first-order valence-electron chi connectivity index (χ1n) is 7.16. The Labute approximate surface area is 110 Å². The number of aryl methyl sites for hydroxylation is 1. The fourth-order valence-corrected chi connectivity index (χ4v) is 3.49. The van der Waals surface area contributed by atoms with E-state index in [1.54, 1.807) is 0 Å². The smallest absolute Gasteiger partial charge is 0.0597 e. The van der Waals surface area contributed by atoms with Gasteiger partial charge in [-0.2, -0.15) is 0 Å². The normalized spacial score (nSPS) is 35.4. The van der Waals surface area contributed by atoms with E-state index in [1.165, 1.54) is 24.0 Å². The standard InChI is InChI=1S/C16H23NO/c1-12-6-7-15(18-12)11-16(17)9-8-13-4-2-3-5-14(13)10-16/h2-5,12,15H,6-11,17H2,1H3. The Bertz CT molecular complexity index is 431. The van der Waals surface area contributed by atoms with Crippen LogP contribution in [0.3, 0.4) is 0 Å². The Morgan fingerprint density at radius 1 is 1.28 bits per heavy atom. The zero-order valence-electron chi connectivity index (χ0n) is 11.2. The lowest BCUT2D eigenvalue weighted by Gasteiger charge is -2.36. The molecule has 1 aliphatic heterocycles. The Balaban J connectivity index is 1.69. The van der Waals surface area contributed by atoms with Crippen LogP contribution in [-0.2, 0) is 17.6 Å². The maximum absolute atomic E-state index is 6.62. The average Bonchev–Trinajstić information content (AvgIpc) is 2.74. The number of rotatable bonds is 2.